The second kappa shape index (κ2) is 31.0. The summed E-state index contributed by atoms with van der Waals surface area (Å²) in [7, 11) is 0. The van der Waals surface area contributed by atoms with Crippen LogP contribution in [0.2, 0.25) is 0 Å². The van der Waals surface area contributed by atoms with Crippen molar-refractivity contribution in [2.24, 2.45) is 16.8 Å². The average molecular weight is 1160 g/mol. The molecule has 0 saturated carbocycles. The van der Waals surface area contributed by atoms with E-state index in [0.29, 0.717) is 136 Å². The number of amides is 4. The fraction of sp³-hybridized carbons (Fsp3) is 0.561. The number of aliphatic hydroxyl groups is 1. The lowest BCUT2D eigenvalue weighted by Crippen LogP contribution is -2.54. The smallest absolute Gasteiger partial charge is 0.413 e. The van der Waals surface area contributed by atoms with Crippen molar-refractivity contribution in [2.45, 2.75) is 110 Å². The molecule has 4 heterocycles. The van der Waals surface area contributed by atoms with Crippen molar-refractivity contribution in [1.82, 2.24) is 25.5 Å². The van der Waals surface area contributed by atoms with E-state index >= 15 is 4.39 Å². The number of unbranched alkanes of at least 4 members (excludes halogenated alkanes) is 1. The molecule has 7 N–H and O–H groups in total. The van der Waals surface area contributed by atoms with Gasteiger partial charge in [0.25, 0.3) is 5.56 Å². The number of benzene rings is 2. The predicted octanol–water partition coefficient (Wildman–Crippen LogP) is 4.80. The van der Waals surface area contributed by atoms with E-state index in [1.165, 1.54) is 34.9 Å². The quantitative estimate of drug-likeness (QED) is 0.0106. The van der Waals surface area contributed by atoms with Gasteiger partial charge in [-0.25, -0.2) is 19.0 Å². The molecule has 26 heteroatoms. The lowest BCUT2D eigenvalue weighted by atomic mass is 9.81. The number of nitrogens with one attached hydrogen (secondary N) is 4. The maximum atomic E-state index is 15.5. The molecule has 0 bridgehead atoms. The van der Waals surface area contributed by atoms with E-state index in [2.05, 4.69) is 31.3 Å². The first-order valence-electron chi connectivity index (χ1n) is 28.1. The Morgan fingerprint density at radius 3 is 2.14 bits per heavy atom. The summed E-state index contributed by atoms with van der Waals surface area (Å²) >= 11 is 0. The van der Waals surface area contributed by atoms with Gasteiger partial charge in [0.15, 0.2) is 5.60 Å². The molecule has 2 aromatic carbocycles. The summed E-state index contributed by atoms with van der Waals surface area (Å²) in [4.78, 5) is 88.6. The summed E-state index contributed by atoms with van der Waals surface area (Å²) in [6, 6.07) is 6.38. The molecule has 2 aliphatic heterocycles. The van der Waals surface area contributed by atoms with Gasteiger partial charge in [0.1, 0.15) is 30.3 Å². The van der Waals surface area contributed by atoms with Crippen molar-refractivity contribution < 1.29 is 71.4 Å². The molecule has 0 saturated heterocycles. The number of azide groups is 1. The number of anilines is 1. The van der Waals surface area contributed by atoms with Crippen molar-refractivity contribution in [3.05, 3.63) is 96.4 Å². The van der Waals surface area contributed by atoms with Gasteiger partial charge in [0.2, 0.25) is 17.7 Å². The SMILES string of the molecule is CC[C@@]1(O)C(=O)OCc2c1cc1n(c2=O)Cc2c-1nc1cc(F)c(C)c3c1c2[C@@H](NC(=O)Oc1ccc(NC(=O)C(CCCCN)NC(=O)[C@@H](NC(=O)CCOCCOCCOCCOCCOCCOCCN=[N+]=[N-])C(C)C)cc1)CC3. The van der Waals surface area contributed by atoms with E-state index in [1.807, 2.05) is 0 Å². The topological polar surface area (TPSA) is 337 Å². The van der Waals surface area contributed by atoms with E-state index in [-0.39, 0.29) is 81.6 Å². The summed E-state index contributed by atoms with van der Waals surface area (Å²) in [6.07, 6.45) is 1.31. The number of cyclic esters (lactones) is 1. The van der Waals surface area contributed by atoms with Gasteiger partial charge in [-0.3, -0.25) is 19.2 Å². The van der Waals surface area contributed by atoms with Gasteiger partial charge < -0.3 is 74.6 Å². The third kappa shape index (κ3) is 16.4. The fourth-order valence-electron chi connectivity index (χ4n) is 10.1. The van der Waals surface area contributed by atoms with Crippen molar-refractivity contribution in [3.8, 4) is 17.1 Å². The molecule has 7 rings (SSSR count). The van der Waals surface area contributed by atoms with Crippen LogP contribution in [0.4, 0.5) is 14.9 Å². The van der Waals surface area contributed by atoms with E-state index in [4.69, 9.17) is 54.1 Å². The maximum Gasteiger partial charge on any atom is 0.413 e. The Kier molecular flexibility index (Phi) is 23.7. The van der Waals surface area contributed by atoms with Crippen molar-refractivity contribution in [3.63, 3.8) is 0 Å². The molecule has 0 radical (unpaired) electrons. The minimum absolute atomic E-state index is 0.0130. The van der Waals surface area contributed by atoms with Crippen LogP contribution in [-0.2, 0) is 77.5 Å². The highest BCUT2D eigenvalue weighted by Crippen LogP contribution is 2.46. The highest BCUT2D eigenvalue weighted by molar-refractivity contribution is 5.99. The summed E-state index contributed by atoms with van der Waals surface area (Å²) in [5.74, 6) is -2.95. The summed E-state index contributed by atoms with van der Waals surface area (Å²) in [5.41, 5.74) is 15.6. The molecule has 4 amide bonds. The van der Waals surface area contributed by atoms with Gasteiger partial charge in [0.05, 0.1) is 114 Å². The van der Waals surface area contributed by atoms with Gasteiger partial charge in [-0.05, 0) is 110 Å². The largest absolute Gasteiger partial charge is 0.458 e. The number of halogens is 1. The van der Waals surface area contributed by atoms with Crippen LogP contribution >= 0.6 is 0 Å². The minimum atomic E-state index is -2.05. The Labute approximate surface area is 479 Å². The van der Waals surface area contributed by atoms with Crippen LogP contribution in [0.25, 0.3) is 32.7 Å². The molecule has 4 aromatic rings. The average Bonchev–Trinajstić information content (AvgIpc) is 1.91. The Hall–Kier alpha value is -7.13. The number of hydrogen-bond donors (Lipinski definition) is 6. The number of hydrogen-bond acceptors (Lipinski definition) is 18. The number of ether oxygens (including phenoxy) is 8. The molecule has 2 aromatic heterocycles. The van der Waals surface area contributed by atoms with Gasteiger partial charge in [-0.1, -0.05) is 25.9 Å². The van der Waals surface area contributed by atoms with Crippen LogP contribution in [0.15, 0.2) is 46.3 Å². The molecule has 1 unspecified atom stereocenters. The number of nitrogens with zero attached hydrogens (tertiary/aromatic N) is 5. The Morgan fingerprint density at radius 1 is 0.892 bits per heavy atom. The lowest BCUT2D eigenvalue weighted by Gasteiger charge is -2.31. The highest BCUT2D eigenvalue weighted by Gasteiger charge is 2.46. The number of aryl methyl sites for hydroxylation is 1. The van der Waals surface area contributed by atoms with Crippen molar-refractivity contribution in [2.75, 3.05) is 97.7 Å². The molecule has 25 nitrogen and oxygen atoms in total. The number of carbonyl (C=O) groups is 5. The number of fused-ring (bicyclic) bond motifs is 5. The first-order chi connectivity index (χ1) is 40.1. The number of esters is 1. The number of nitrogens with two attached hydrogens (primary N) is 1. The first kappa shape index (κ1) is 63.5. The van der Waals surface area contributed by atoms with E-state index in [1.54, 1.807) is 33.8 Å². The zero-order chi connectivity index (χ0) is 59.5. The Bertz CT molecular complexity index is 3050. The van der Waals surface area contributed by atoms with Crippen LogP contribution in [0.1, 0.15) is 98.7 Å². The Balaban J connectivity index is 0.864. The zero-order valence-corrected chi connectivity index (χ0v) is 47.4. The molecule has 450 valence electrons. The monoisotopic (exact) mass is 1160 g/mol. The van der Waals surface area contributed by atoms with Crippen LogP contribution in [0.3, 0.4) is 0 Å². The molecular formula is C57H75FN10O15. The van der Waals surface area contributed by atoms with Crippen LogP contribution in [0, 0.1) is 18.7 Å². The molecule has 0 spiro atoms. The maximum absolute atomic E-state index is 15.5. The normalized spacial score (nSPS) is 16.5. The van der Waals surface area contributed by atoms with Gasteiger partial charge in [-0.15, -0.1) is 0 Å². The molecule has 3 aliphatic rings. The fourth-order valence-corrected chi connectivity index (χ4v) is 10.1. The highest BCUT2D eigenvalue weighted by atomic mass is 19.1. The number of carbonyl (C=O) groups excluding carboxylic acids is 5. The number of aromatic nitrogens is 2. The van der Waals surface area contributed by atoms with E-state index in [0.717, 1.165) is 5.56 Å². The molecular weight excluding hydrogens is 1080 g/mol. The van der Waals surface area contributed by atoms with Gasteiger partial charge >= 0.3 is 12.1 Å². The van der Waals surface area contributed by atoms with Crippen LogP contribution < -0.4 is 37.3 Å². The third-order valence-corrected chi connectivity index (χ3v) is 14.6. The zero-order valence-electron chi connectivity index (χ0n) is 47.4. The molecule has 4 atom stereocenters. The Morgan fingerprint density at radius 2 is 1.53 bits per heavy atom. The molecule has 83 heavy (non-hydrogen) atoms. The summed E-state index contributed by atoms with van der Waals surface area (Å²) in [5, 5.41) is 26.8. The van der Waals surface area contributed by atoms with Gasteiger partial charge in [-0.2, -0.15) is 0 Å². The molecule has 0 fully saturated rings. The van der Waals surface area contributed by atoms with Crippen LogP contribution in [0.5, 0.6) is 5.75 Å². The second-order valence-electron chi connectivity index (χ2n) is 20.5. The summed E-state index contributed by atoms with van der Waals surface area (Å²) in [6.45, 7) is 11.4. The molecule has 1 aliphatic carbocycles. The third-order valence-electron chi connectivity index (χ3n) is 14.6. The lowest BCUT2D eigenvalue weighted by molar-refractivity contribution is -0.172. The van der Waals surface area contributed by atoms with Crippen molar-refractivity contribution in [1.29, 1.82) is 0 Å². The van der Waals surface area contributed by atoms with E-state index in [9.17, 15) is 33.9 Å². The van der Waals surface area contributed by atoms with Crippen LogP contribution in [-0.4, -0.2) is 149 Å². The standard InChI is InChI=1S/C57H75FN10O15/c1-5-57(75)41-30-46-51-39(32-68(46)54(72)40(41)33-82-55(57)73)49-43(14-13-38-35(4)42(58)31-45(63-51)48(38)49)65-56(74)83-37-11-9-36(10-12-37)62-52(70)44(8-6-7-16-59)64-53(71)50(34(2)3)66-47(69)15-18-76-20-22-78-24-26-80-28-29-81-27-25-79-23-21-77-19-17-61-67-60/h9-12,30-31,34,43-44,50,75H,5-8,13-29,32-33,59H2,1-4H3,(H,62,70)(H,64,71)(H,65,74)(H,66,69)/t43-,44?,50-,57-/m0/s1. The second-order valence-corrected chi connectivity index (χ2v) is 20.5. The summed E-state index contributed by atoms with van der Waals surface area (Å²) < 4.78 is 60.6. The number of rotatable bonds is 34. The number of pyridine rings is 2. The predicted molar refractivity (Wildman–Crippen MR) is 300 cm³/mol. The van der Waals surface area contributed by atoms with E-state index < -0.39 is 64.9 Å². The minimum Gasteiger partial charge on any atom is -0.458 e. The van der Waals surface area contributed by atoms with Gasteiger partial charge in [0, 0.05) is 46.1 Å². The van der Waals surface area contributed by atoms with Crippen molar-refractivity contribution >= 4 is 46.4 Å². The first-order valence-corrected chi connectivity index (χ1v) is 28.1.